The molecule has 0 bridgehead atoms. The third-order valence-corrected chi connectivity index (χ3v) is 3.46. The highest BCUT2D eigenvalue weighted by atomic mass is 14.6. The molecule has 1 aliphatic rings. The predicted octanol–water partition coefficient (Wildman–Crippen LogP) is 3.44. The molecule has 17 heavy (non-hydrogen) atoms. The zero-order valence-corrected chi connectivity index (χ0v) is 9.69. The molecule has 0 unspecified atom stereocenters. The summed E-state index contributed by atoms with van der Waals surface area (Å²) in [4.78, 5) is 0. The Balaban J connectivity index is 2.10. The number of rotatable bonds is 2. The number of fused-ring (bicyclic) bond motifs is 3. The maximum atomic E-state index is 5.98. The first kappa shape index (κ1) is 10.3. The van der Waals surface area contributed by atoms with E-state index in [0.717, 1.165) is 12.0 Å². The molecule has 0 spiro atoms. The van der Waals surface area contributed by atoms with Gasteiger partial charge in [0.25, 0.3) is 0 Å². The van der Waals surface area contributed by atoms with E-state index in [2.05, 4.69) is 49.0 Å². The molecular formula is C16H15N. The van der Waals surface area contributed by atoms with Gasteiger partial charge in [-0.15, -0.1) is 6.58 Å². The first-order chi connectivity index (χ1) is 8.29. The van der Waals surface area contributed by atoms with Crippen LogP contribution in [0, 0.1) is 0 Å². The monoisotopic (exact) mass is 221 g/mol. The van der Waals surface area contributed by atoms with Crippen molar-refractivity contribution in [2.75, 3.05) is 0 Å². The summed E-state index contributed by atoms with van der Waals surface area (Å²) in [5, 5.41) is 0. The molecule has 2 aromatic rings. The Kier molecular flexibility index (Phi) is 2.34. The average molecular weight is 221 g/mol. The Hall–Kier alpha value is -1.86. The second-order valence-corrected chi connectivity index (χ2v) is 4.51. The SMILES string of the molecule is C=C[C@@H](N)c1ccc2c(c1)Cc1ccccc1-2. The van der Waals surface area contributed by atoms with Crippen molar-refractivity contribution in [3.63, 3.8) is 0 Å². The van der Waals surface area contributed by atoms with E-state index < -0.39 is 0 Å². The van der Waals surface area contributed by atoms with Crippen LogP contribution in [0.25, 0.3) is 11.1 Å². The van der Waals surface area contributed by atoms with Gasteiger partial charge in [-0.3, -0.25) is 0 Å². The third-order valence-electron chi connectivity index (χ3n) is 3.46. The Morgan fingerprint density at radius 1 is 1.06 bits per heavy atom. The molecule has 1 aliphatic carbocycles. The maximum absolute atomic E-state index is 5.98. The van der Waals surface area contributed by atoms with Crippen molar-refractivity contribution >= 4 is 0 Å². The lowest BCUT2D eigenvalue weighted by molar-refractivity contribution is 0.911. The van der Waals surface area contributed by atoms with Gasteiger partial charge < -0.3 is 5.73 Å². The van der Waals surface area contributed by atoms with E-state index >= 15 is 0 Å². The lowest BCUT2D eigenvalue weighted by Crippen LogP contribution is -2.06. The van der Waals surface area contributed by atoms with Crippen molar-refractivity contribution < 1.29 is 0 Å². The van der Waals surface area contributed by atoms with Crippen LogP contribution in [0.1, 0.15) is 22.7 Å². The molecule has 2 N–H and O–H groups in total. The Morgan fingerprint density at radius 2 is 1.82 bits per heavy atom. The normalized spacial score (nSPS) is 13.9. The van der Waals surface area contributed by atoms with Crippen molar-refractivity contribution in [2.45, 2.75) is 12.5 Å². The summed E-state index contributed by atoms with van der Waals surface area (Å²) < 4.78 is 0. The highest BCUT2D eigenvalue weighted by Crippen LogP contribution is 2.37. The van der Waals surface area contributed by atoms with Crippen LogP contribution in [0.15, 0.2) is 55.1 Å². The molecule has 1 heteroatoms. The van der Waals surface area contributed by atoms with Gasteiger partial charge in [-0.25, -0.2) is 0 Å². The first-order valence-corrected chi connectivity index (χ1v) is 5.89. The van der Waals surface area contributed by atoms with Crippen LogP contribution in [0.4, 0.5) is 0 Å². The number of hydrogen-bond acceptors (Lipinski definition) is 1. The molecular weight excluding hydrogens is 206 g/mol. The van der Waals surface area contributed by atoms with E-state index in [1.165, 1.54) is 22.3 Å². The lowest BCUT2D eigenvalue weighted by atomic mass is 10.00. The molecule has 0 saturated carbocycles. The largest absolute Gasteiger partial charge is 0.321 e. The zero-order valence-electron chi connectivity index (χ0n) is 9.69. The van der Waals surface area contributed by atoms with Gasteiger partial charge in [0.2, 0.25) is 0 Å². The molecule has 0 heterocycles. The second kappa shape index (κ2) is 3.86. The van der Waals surface area contributed by atoms with Gasteiger partial charge in [-0.2, -0.15) is 0 Å². The first-order valence-electron chi connectivity index (χ1n) is 5.89. The van der Waals surface area contributed by atoms with Gasteiger partial charge in [-0.1, -0.05) is 48.5 Å². The standard InChI is InChI=1S/C16H15N/c1-2-16(17)12-7-8-15-13(10-12)9-11-5-3-4-6-14(11)15/h2-8,10,16H,1,9,17H2/t16-/m1/s1. The van der Waals surface area contributed by atoms with Gasteiger partial charge in [0.05, 0.1) is 0 Å². The minimum atomic E-state index is -0.0657. The van der Waals surface area contributed by atoms with Crippen LogP contribution in [0.3, 0.4) is 0 Å². The number of nitrogens with two attached hydrogens (primary N) is 1. The van der Waals surface area contributed by atoms with Crippen molar-refractivity contribution in [2.24, 2.45) is 5.73 Å². The van der Waals surface area contributed by atoms with E-state index in [4.69, 9.17) is 5.73 Å². The molecule has 0 radical (unpaired) electrons. The molecule has 0 amide bonds. The van der Waals surface area contributed by atoms with E-state index in [1.54, 1.807) is 6.08 Å². The summed E-state index contributed by atoms with van der Waals surface area (Å²) in [6.45, 7) is 3.75. The fourth-order valence-corrected chi connectivity index (χ4v) is 2.51. The van der Waals surface area contributed by atoms with Crippen molar-refractivity contribution in [1.82, 2.24) is 0 Å². The number of hydrogen-bond donors (Lipinski definition) is 1. The third kappa shape index (κ3) is 1.60. The average Bonchev–Trinajstić information content (AvgIpc) is 2.75. The van der Waals surface area contributed by atoms with E-state index in [0.29, 0.717) is 0 Å². The highest BCUT2D eigenvalue weighted by molar-refractivity contribution is 5.77. The fraction of sp³-hybridized carbons (Fsp3) is 0.125. The summed E-state index contributed by atoms with van der Waals surface area (Å²) >= 11 is 0. The molecule has 0 fully saturated rings. The van der Waals surface area contributed by atoms with Crippen LogP contribution < -0.4 is 5.73 Å². The minimum Gasteiger partial charge on any atom is -0.321 e. The summed E-state index contributed by atoms with van der Waals surface area (Å²) in [6, 6.07) is 15.0. The van der Waals surface area contributed by atoms with Crippen LogP contribution in [-0.4, -0.2) is 0 Å². The van der Waals surface area contributed by atoms with Crippen LogP contribution in [-0.2, 0) is 6.42 Å². The van der Waals surface area contributed by atoms with E-state index in [-0.39, 0.29) is 6.04 Å². The lowest BCUT2D eigenvalue weighted by Gasteiger charge is -2.09. The van der Waals surface area contributed by atoms with Gasteiger partial charge in [0, 0.05) is 6.04 Å². The van der Waals surface area contributed by atoms with Crippen LogP contribution in [0.2, 0.25) is 0 Å². The van der Waals surface area contributed by atoms with Gasteiger partial charge >= 0.3 is 0 Å². The molecule has 0 aliphatic heterocycles. The van der Waals surface area contributed by atoms with Crippen molar-refractivity contribution in [3.05, 3.63) is 71.8 Å². The van der Waals surface area contributed by atoms with Gasteiger partial charge in [0.1, 0.15) is 0 Å². The zero-order chi connectivity index (χ0) is 11.8. The topological polar surface area (TPSA) is 26.0 Å². The summed E-state index contributed by atoms with van der Waals surface area (Å²) in [7, 11) is 0. The minimum absolute atomic E-state index is 0.0657. The van der Waals surface area contributed by atoms with Crippen LogP contribution in [0.5, 0.6) is 0 Å². The maximum Gasteiger partial charge on any atom is 0.0478 e. The fourth-order valence-electron chi connectivity index (χ4n) is 2.51. The molecule has 0 saturated heterocycles. The number of benzene rings is 2. The van der Waals surface area contributed by atoms with Crippen molar-refractivity contribution in [3.8, 4) is 11.1 Å². The molecule has 1 atom stereocenters. The predicted molar refractivity (Wildman–Crippen MR) is 71.8 cm³/mol. The van der Waals surface area contributed by atoms with Gasteiger partial charge in [-0.05, 0) is 34.2 Å². The van der Waals surface area contributed by atoms with Crippen molar-refractivity contribution in [1.29, 1.82) is 0 Å². The van der Waals surface area contributed by atoms with Gasteiger partial charge in [0.15, 0.2) is 0 Å². The summed E-state index contributed by atoms with van der Waals surface area (Å²) in [5.74, 6) is 0. The molecule has 1 nitrogen and oxygen atoms in total. The smallest absolute Gasteiger partial charge is 0.0478 e. The van der Waals surface area contributed by atoms with E-state index in [9.17, 15) is 0 Å². The second-order valence-electron chi connectivity index (χ2n) is 4.51. The molecule has 84 valence electrons. The molecule has 3 rings (SSSR count). The molecule has 2 aromatic carbocycles. The van der Waals surface area contributed by atoms with E-state index in [1.807, 2.05) is 0 Å². The Bertz CT molecular complexity index is 584. The molecule has 0 aromatic heterocycles. The Morgan fingerprint density at radius 3 is 2.65 bits per heavy atom. The summed E-state index contributed by atoms with van der Waals surface area (Å²) in [5.41, 5.74) is 12.6. The highest BCUT2D eigenvalue weighted by Gasteiger charge is 2.18. The quantitative estimate of drug-likeness (QED) is 0.659. The van der Waals surface area contributed by atoms with Crippen LogP contribution >= 0.6 is 0 Å². The Labute approximate surface area is 102 Å². The summed E-state index contributed by atoms with van der Waals surface area (Å²) in [6.07, 6.45) is 2.80.